The van der Waals surface area contributed by atoms with Crippen LogP contribution in [-0.2, 0) is 7.05 Å². The van der Waals surface area contributed by atoms with Gasteiger partial charge in [0.1, 0.15) is 5.56 Å². The summed E-state index contributed by atoms with van der Waals surface area (Å²) in [6, 6.07) is 0. The molecule has 0 N–H and O–H groups in total. The van der Waals surface area contributed by atoms with E-state index >= 15 is 0 Å². The summed E-state index contributed by atoms with van der Waals surface area (Å²) >= 11 is 0. The summed E-state index contributed by atoms with van der Waals surface area (Å²) in [5.41, 5.74) is -1.30. The minimum Gasteiger partial charge on any atom is -0.329 e. The number of halogens is 4. The molecule has 0 aliphatic carbocycles. The second kappa shape index (κ2) is 4.46. The molecule has 1 aliphatic heterocycles. The van der Waals surface area contributed by atoms with E-state index in [9.17, 15) is 32.6 Å². The van der Waals surface area contributed by atoms with Crippen molar-refractivity contribution in [2.24, 2.45) is 13.0 Å². The highest BCUT2D eigenvalue weighted by Crippen LogP contribution is 2.40. The van der Waals surface area contributed by atoms with Gasteiger partial charge in [0, 0.05) is 7.05 Å². The van der Waals surface area contributed by atoms with Gasteiger partial charge >= 0.3 is 6.18 Å². The summed E-state index contributed by atoms with van der Waals surface area (Å²) in [6.45, 7) is -0.777. The Morgan fingerprint density at radius 3 is 2.60 bits per heavy atom. The van der Waals surface area contributed by atoms with Crippen LogP contribution in [0.5, 0.6) is 0 Å². The van der Waals surface area contributed by atoms with E-state index in [1.807, 2.05) is 0 Å². The molecule has 0 aromatic carbocycles. The SMILES string of the molecule is Cn1cc([N+](=O)[O-])c2c1N(F)CC(CC(F)(F)F)C2=O. The van der Waals surface area contributed by atoms with Crippen molar-refractivity contribution in [3.05, 3.63) is 21.9 Å². The maximum atomic E-state index is 13.8. The fourth-order valence-corrected chi connectivity index (χ4v) is 2.27. The standard InChI is InChI=1S/C10H9F4N3O3/c1-15-4-6(17(19)20)7-8(18)5(2-10(11,12)13)3-16(14)9(7)15/h4-5H,2-3H2,1H3. The molecule has 1 aromatic rings. The van der Waals surface area contributed by atoms with Crippen LogP contribution in [0.1, 0.15) is 16.8 Å². The molecule has 1 aromatic heterocycles. The molecule has 0 amide bonds. The van der Waals surface area contributed by atoms with Crippen LogP contribution in [0.25, 0.3) is 0 Å². The van der Waals surface area contributed by atoms with Crippen molar-refractivity contribution < 1.29 is 27.4 Å². The monoisotopic (exact) mass is 295 g/mol. The van der Waals surface area contributed by atoms with E-state index < -0.39 is 47.0 Å². The number of Topliss-reactive ketones (excluding diaryl/α,β-unsaturated/α-hetero) is 1. The fraction of sp³-hybridized carbons (Fsp3) is 0.500. The van der Waals surface area contributed by atoms with Crippen molar-refractivity contribution >= 4 is 17.3 Å². The van der Waals surface area contributed by atoms with Crippen LogP contribution in [0.3, 0.4) is 0 Å². The van der Waals surface area contributed by atoms with E-state index in [4.69, 9.17) is 0 Å². The summed E-state index contributed by atoms with van der Waals surface area (Å²) in [7, 11) is 1.27. The zero-order valence-corrected chi connectivity index (χ0v) is 10.1. The molecule has 0 bridgehead atoms. The number of anilines is 1. The molecule has 0 spiro atoms. The molecule has 110 valence electrons. The molecule has 0 radical (unpaired) electrons. The zero-order valence-electron chi connectivity index (χ0n) is 10.1. The first kappa shape index (κ1) is 14.3. The number of hydrogen-bond acceptors (Lipinski definition) is 4. The van der Waals surface area contributed by atoms with Gasteiger partial charge < -0.3 is 4.57 Å². The van der Waals surface area contributed by atoms with Gasteiger partial charge in [-0.3, -0.25) is 14.9 Å². The maximum absolute atomic E-state index is 13.8. The second-order valence-corrected chi connectivity index (χ2v) is 4.51. The quantitative estimate of drug-likeness (QED) is 0.363. The summed E-state index contributed by atoms with van der Waals surface area (Å²) in [4.78, 5) is 21.9. The number of ketones is 1. The molecule has 1 unspecified atom stereocenters. The molecule has 1 atom stereocenters. The third kappa shape index (κ3) is 2.32. The third-order valence-corrected chi connectivity index (χ3v) is 3.03. The lowest BCUT2D eigenvalue weighted by molar-refractivity contribution is -0.385. The Labute approximate surface area is 109 Å². The number of aryl methyl sites for hydroxylation is 1. The highest BCUT2D eigenvalue weighted by atomic mass is 19.4. The number of fused-ring (bicyclic) bond motifs is 1. The Morgan fingerprint density at radius 1 is 1.50 bits per heavy atom. The van der Waals surface area contributed by atoms with Gasteiger partial charge in [0.05, 0.1) is 30.0 Å². The predicted molar refractivity (Wildman–Crippen MR) is 59.0 cm³/mol. The van der Waals surface area contributed by atoms with E-state index in [1.165, 1.54) is 7.05 Å². The molecule has 20 heavy (non-hydrogen) atoms. The largest absolute Gasteiger partial charge is 0.389 e. The van der Waals surface area contributed by atoms with Crippen molar-refractivity contribution in [1.82, 2.24) is 4.57 Å². The fourth-order valence-electron chi connectivity index (χ4n) is 2.27. The molecule has 1 aliphatic rings. The van der Waals surface area contributed by atoms with Crippen molar-refractivity contribution in [2.75, 3.05) is 11.7 Å². The summed E-state index contributed by atoms with van der Waals surface area (Å²) in [5, 5.41) is 10.8. The molecule has 0 saturated carbocycles. The zero-order chi connectivity index (χ0) is 15.2. The van der Waals surface area contributed by atoms with Crippen LogP contribution in [0.4, 0.5) is 29.2 Å². The lowest BCUT2D eigenvalue weighted by Gasteiger charge is -2.27. The highest BCUT2D eigenvalue weighted by Gasteiger charge is 2.45. The topological polar surface area (TPSA) is 68.4 Å². The van der Waals surface area contributed by atoms with Gasteiger partial charge in [0.25, 0.3) is 5.69 Å². The van der Waals surface area contributed by atoms with Crippen LogP contribution >= 0.6 is 0 Å². The summed E-state index contributed by atoms with van der Waals surface area (Å²) in [6.07, 6.45) is -5.26. The predicted octanol–water partition coefficient (Wildman–Crippen LogP) is 2.39. The number of rotatable bonds is 2. The van der Waals surface area contributed by atoms with Gasteiger partial charge in [0.15, 0.2) is 11.6 Å². The van der Waals surface area contributed by atoms with E-state index in [1.54, 1.807) is 0 Å². The van der Waals surface area contributed by atoms with Crippen molar-refractivity contribution in [2.45, 2.75) is 12.6 Å². The van der Waals surface area contributed by atoms with E-state index in [-0.39, 0.29) is 10.9 Å². The van der Waals surface area contributed by atoms with Crippen LogP contribution in [0, 0.1) is 16.0 Å². The normalized spacial score (nSPS) is 19.1. The minimum atomic E-state index is -4.65. The number of carbonyl (C=O) groups excluding carboxylic acids is 1. The van der Waals surface area contributed by atoms with Crippen LogP contribution in [0.15, 0.2) is 6.20 Å². The van der Waals surface area contributed by atoms with Gasteiger partial charge in [-0.25, -0.2) is 0 Å². The van der Waals surface area contributed by atoms with Gasteiger partial charge in [0.2, 0.25) is 0 Å². The number of aromatic nitrogens is 1. The Hall–Kier alpha value is -2.13. The summed E-state index contributed by atoms with van der Waals surface area (Å²) < 4.78 is 51.8. The maximum Gasteiger partial charge on any atom is 0.389 e. The first-order valence-electron chi connectivity index (χ1n) is 5.50. The number of alkyl halides is 3. The first-order chi connectivity index (χ1) is 9.11. The summed E-state index contributed by atoms with van der Waals surface area (Å²) in [5.74, 6) is -3.13. The molecule has 2 heterocycles. The minimum absolute atomic E-state index is 0.0554. The number of nitro groups is 1. The number of carbonyl (C=O) groups is 1. The van der Waals surface area contributed by atoms with Gasteiger partial charge in [-0.1, -0.05) is 4.48 Å². The molecule has 2 rings (SSSR count). The average Bonchev–Trinajstić information content (AvgIpc) is 2.62. The highest BCUT2D eigenvalue weighted by molar-refractivity contribution is 6.07. The van der Waals surface area contributed by atoms with Crippen molar-refractivity contribution in [3.8, 4) is 0 Å². The molecule has 6 nitrogen and oxygen atoms in total. The van der Waals surface area contributed by atoms with Crippen LogP contribution in [-0.4, -0.2) is 28.0 Å². The van der Waals surface area contributed by atoms with Crippen molar-refractivity contribution in [1.29, 1.82) is 0 Å². The Morgan fingerprint density at radius 2 is 2.10 bits per heavy atom. The number of hydrogen-bond donors (Lipinski definition) is 0. The smallest absolute Gasteiger partial charge is 0.329 e. The Balaban J connectivity index is 2.49. The number of nitrogens with zero attached hydrogens (tertiary/aromatic N) is 3. The van der Waals surface area contributed by atoms with Gasteiger partial charge in [-0.2, -0.15) is 18.3 Å². The second-order valence-electron chi connectivity index (χ2n) is 4.51. The van der Waals surface area contributed by atoms with Crippen LogP contribution < -0.4 is 5.12 Å². The van der Waals surface area contributed by atoms with Gasteiger partial charge in [-0.05, 0) is 0 Å². The Bertz CT molecular complexity index is 581. The first-order valence-corrected chi connectivity index (χ1v) is 5.50. The third-order valence-electron chi connectivity index (χ3n) is 3.03. The lowest BCUT2D eigenvalue weighted by Crippen LogP contribution is -2.37. The Kier molecular flexibility index (Phi) is 3.18. The van der Waals surface area contributed by atoms with E-state index in [0.29, 0.717) is 0 Å². The van der Waals surface area contributed by atoms with Crippen molar-refractivity contribution in [3.63, 3.8) is 0 Å². The lowest BCUT2D eigenvalue weighted by atomic mass is 9.91. The van der Waals surface area contributed by atoms with E-state index in [2.05, 4.69) is 0 Å². The average molecular weight is 295 g/mol. The van der Waals surface area contributed by atoms with Crippen LogP contribution in [0.2, 0.25) is 0 Å². The van der Waals surface area contributed by atoms with E-state index in [0.717, 1.165) is 10.8 Å². The molecule has 0 fully saturated rings. The van der Waals surface area contributed by atoms with Gasteiger partial charge in [-0.15, -0.1) is 0 Å². The molecular weight excluding hydrogens is 286 g/mol. The molecule has 0 saturated heterocycles. The molecular formula is C10H9F4N3O3. The molecule has 10 heteroatoms.